The summed E-state index contributed by atoms with van der Waals surface area (Å²) >= 11 is 0. The van der Waals surface area contributed by atoms with Gasteiger partial charge in [-0.3, -0.25) is 0 Å². The molecule has 12 aromatic rings. The van der Waals surface area contributed by atoms with E-state index in [1.54, 1.807) is 0 Å². The fourth-order valence-electron chi connectivity index (χ4n) is 9.19. The monoisotopic (exact) mass is 776 g/mol. The zero-order valence-corrected chi connectivity index (χ0v) is 33.1. The highest BCUT2D eigenvalue weighted by molar-refractivity contribution is 6.28. The van der Waals surface area contributed by atoms with Gasteiger partial charge in [0.2, 0.25) is 0 Å². The lowest BCUT2D eigenvalue weighted by molar-refractivity contribution is 1.07. The van der Waals surface area contributed by atoms with E-state index in [1.165, 1.54) is 43.6 Å². The molecular formula is C57H36N4. The molecule has 284 valence electrons. The normalized spacial score (nSPS) is 11.6. The van der Waals surface area contributed by atoms with Crippen molar-refractivity contribution < 1.29 is 0 Å². The summed E-state index contributed by atoms with van der Waals surface area (Å²) in [7, 11) is 0. The van der Waals surface area contributed by atoms with Crippen LogP contribution in [0.2, 0.25) is 0 Å². The van der Waals surface area contributed by atoms with Crippen molar-refractivity contribution in [3.05, 3.63) is 218 Å². The van der Waals surface area contributed by atoms with Gasteiger partial charge >= 0.3 is 0 Å². The van der Waals surface area contributed by atoms with Crippen molar-refractivity contribution in [1.82, 2.24) is 19.5 Å². The summed E-state index contributed by atoms with van der Waals surface area (Å²) in [6.45, 7) is 0. The van der Waals surface area contributed by atoms with Gasteiger partial charge in [0.15, 0.2) is 17.5 Å². The molecule has 0 amide bonds. The van der Waals surface area contributed by atoms with Crippen molar-refractivity contribution in [3.63, 3.8) is 0 Å². The van der Waals surface area contributed by atoms with E-state index in [2.05, 4.69) is 187 Å². The predicted octanol–water partition coefficient (Wildman–Crippen LogP) is 14.8. The van der Waals surface area contributed by atoms with Crippen LogP contribution >= 0.6 is 0 Å². The molecule has 61 heavy (non-hydrogen) atoms. The van der Waals surface area contributed by atoms with Crippen molar-refractivity contribution >= 4 is 54.1 Å². The van der Waals surface area contributed by atoms with Gasteiger partial charge in [-0.05, 0) is 79.5 Å². The maximum atomic E-state index is 5.34. The minimum atomic E-state index is 0.624. The van der Waals surface area contributed by atoms with E-state index in [0.29, 0.717) is 17.5 Å². The Balaban J connectivity index is 1.18. The third kappa shape index (κ3) is 5.88. The number of fused-ring (bicyclic) bond motifs is 9. The maximum absolute atomic E-state index is 5.34. The molecule has 0 aliphatic rings. The van der Waals surface area contributed by atoms with Gasteiger partial charge in [-0.15, -0.1) is 0 Å². The number of aromatic nitrogens is 4. The first kappa shape index (κ1) is 34.8. The molecule has 0 N–H and O–H groups in total. The molecule has 0 bridgehead atoms. The molecule has 0 saturated heterocycles. The molecule has 0 radical (unpaired) electrons. The molecule has 0 unspecified atom stereocenters. The lowest BCUT2D eigenvalue weighted by Crippen LogP contribution is -2.02. The van der Waals surface area contributed by atoms with Crippen molar-refractivity contribution in [2.45, 2.75) is 0 Å². The number of hydrogen-bond donors (Lipinski definition) is 0. The lowest BCUT2D eigenvalue weighted by Gasteiger charge is -2.18. The fourth-order valence-corrected chi connectivity index (χ4v) is 9.19. The maximum Gasteiger partial charge on any atom is 0.164 e. The zero-order chi connectivity index (χ0) is 40.3. The van der Waals surface area contributed by atoms with Gasteiger partial charge in [-0.25, -0.2) is 15.0 Å². The van der Waals surface area contributed by atoms with Gasteiger partial charge in [0.1, 0.15) is 0 Å². The predicted molar refractivity (Wildman–Crippen MR) is 254 cm³/mol. The summed E-state index contributed by atoms with van der Waals surface area (Å²) in [5, 5.41) is 9.39. The van der Waals surface area contributed by atoms with Gasteiger partial charge in [-0.1, -0.05) is 188 Å². The van der Waals surface area contributed by atoms with E-state index in [4.69, 9.17) is 15.0 Å². The number of nitrogens with zero attached hydrogens (tertiary/aromatic N) is 4. The highest BCUT2D eigenvalue weighted by Gasteiger charge is 2.21. The summed E-state index contributed by atoms with van der Waals surface area (Å²) in [6, 6.07) is 77.7. The Morgan fingerprint density at radius 2 is 0.721 bits per heavy atom. The zero-order valence-electron chi connectivity index (χ0n) is 33.1. The number of rotatable bonds is 6. The molecule has 4 nitrogen and oxygen atoms in total. The van der Waals surface area contributed by atoms with Gasteiger partial charge in [0.25, 0.3) is 0 Å². The van der Waals surface area contributed by atoms with Gasteiger partial charge in [0, 0.05) is 38.5 Å². The van der Waals surface area contributed by atoms with E-state index in [0.717, 1.165) is 55.1 Å². The minimum Gasteiger partial charge on any atom is -0.309 e. The first-order valence-electron chi connectivity index (χ1n) is 20.7. The first-order valence-corrected chi connectivity index (χ1v) is 20.7. The Hall–Kier alpha value is -8.21. The molecule has 0 aliphatic carbocycles. The minimum absolute atomic E-state index is 0.624. The third-order valence-electron chi connectivity index (χ3n) is 12.0. The molecule has 0 spiro atoms. The SMILES string of the molecule is c1ccc(-c2cccc(-c3ccc4c5ccccc5n(-c5cc(-c6nc(-c7ccccc7)nc(-c7ccccc7)n6)c6c7ccccc7c7ccccc7c6c5)c4c3)c2)cc1. The molecule has 0 saturated carbocycles. The molecule has 4 heteroatoms. The van der Waals surface area contributed by atoms with Crippen molar-refractivity contribution in [1.29, 1.82) is 0 Å². The van der Waals surface area contributed by atoms with Crippen LogP contribution in [0, 0.1) is 0 Å². The summed E-state index contributed by atoms with van der Waals surface area (Å²) in [5.74, 6) is 1.89. The molecule has 2 heterocycles. The van der Waals surface area contributed by atoms with Crippen molar-refractivity contribution in [3.8, 4) is 62.1 Å². The Kier molecular flexibility index (Phi) is 8.13. The lowest BCUT2D eigenvalue weighted by atomic mass is 9.91. The van der Waals surface area contributed by atoms with E-state index in [9.17, 15) is 0 Å². The second-order valence-corrected chi connectivity index (χ2v) is 15.6. The van der Waals surface area contributed by atoms with E-state index in [-0.39, 0.29) is 0 Å². The summed E-state index contributed by atoms with van der Waals surface area (Å²) < 4.78 is 2.43. The second kappa shape index (κ2) is 14.3. The topological polar surface area (TPSA) is 43.6 Å². The first-order chi connectivity index (χ1) is 30.2. The average molecular weight is 777 g/mol. The fraction of sp³-hybridized carbons (Fsp3) is 0. The molecule has 2 aromatic heterocycles. The summed E-state index contributed by atoms with van der Waals surface area (Å²) in [6.07, 6.45) is 0. The van der Waals surface area contributed by atoms with Gasteiger partial charge in [-0.2, -0.15) is 0 Å². The third-order valence-corrected chi connectivity index (χ3v) is 12.0. The summed E-state index contributed by atoms with van der Waals surface area (Å²) in [4.78, 5) is 15.8. The van der Waals surface area contributed by atoms with Crippen LogP contribution in [0.3, 0.4) is 0 Å². The van der Waals surface area contributed by atoms with Crippen LogP contribution in [0.25, 0.3) is 116 Å². The van der Waals surface area contributed by atoms with E-state index < -0.39 is 0 Å². The van der Waals surface area contributed by atoms with Crippen LogP contribution in [0.4, 0.5) is 0 Å². The van der Waals surface area contributed by atoms with Crippen LogP contribution in [-0.2, 0) is 0 Å². The van der Waals surface area contributed by atoms with Crippen LogP contribution in [-0.4, -0.2) is 19.5 Å². The van der Waals surface area contributed by atoms with E-state index in [1.807, 2.05) is 36.4 Å². The molecule has 0 aliphatic heterocycles. The van der Waals surface area contributed by atoms with Gasteiger partial charge in [0.05, 0.1) is 11.0 Å². The Bertz CT molecular complexity index is 3570. The van der Waals surface area contributed by atoms with Crippen molar-refractivity contribution in [2.24, 2.45) is 0 Å². The van der Waals surface area contributed by atoms with Crippen LogP contribution in [0.15, 0.2) is 218 Å². The summed E-state index contributed by atoms with van der Waals surface area (Å²) in [5.41, 5.74) is 10.8. The average Bonchev–Trinajstić information content (AvgIpc) is 3.68. The highest BCUT2D eigenvalue weighted by Crippen LogP contribution is 2.43. The standard InChI is InChI=1S/C57H36N4/c1-4-17-37(18-5-1)40-23-16-24-41(33-40)42-31-32-48-47-28-14-15-30-52(47)61(53(48)34-42)43-35-50-46-27-11-10-25-44(46)45-26-12-13-29-49(45)54(50)51(36-43)57-59-55(38-19-6-2-7-20-38)58-56(60-57)39-21-8-3-9-22-39/h1-36H. The Morgan fingerprint density at radius 3 is 1.38 bits per heavy atom. The molecule has 0 fully saturated rings. The molecule has 0 atom stereocenters. The Labute approximate surface area is 352 Å². The van der Waals surface area contributed by atoms with Crippen molar-refractivity contribution in [2.75, 3.05) is 0 Å². The number of benzene rings is 10. The largest absolute Gasteiger partial charge is 0.309 e. The van der Waals surface area contributed by atoms with E-state index >= 15 is 0 Å². The quantitative estimate of drug-likeness (QED) is 0.158. The molecule has 12 rings (SSSR count). The molecule has 10 aromatic carbocycles. The van der Waals surface area contributed by atoms with Gasteiger partial charge < -0.3 is 4.57 Å². The molecular weight excluding hydrogens is 741 g/mol. The van der Waals surface area contributed by atoms with Crippen LogP contribution in [0.1, 0.15) is 0 Å². The van der Waals surface area contributed by atoms with Crippen LogP contribution < -0.4 is 0 Å². The number of hydrogen-bond acceptors (Lipinski definition) is 3. The highest BCUT2D eigenvalue weighted by atomic mass is 15.0. The second-order valence-electron chi connectivity index (χ2n) is 15.6. The smallest absolute Gasteiger partial charge is 0.164 e. The Morgan fingerprint density at radius 1 is 0.262 bits per heavy atom. The number of para-hydroxylation sites is 1. The van der Waals surface area contributed by atoms with Crippen LogP contribution in [0.5, 0.6) is 0 Å².